The summed E-state index contributed by atoms with van der Waals surface area (Å²) in [5.41, 5.74) is 0.642. The zero-order chi connectivity index (χ0) is 26.3. The van der Waals surface area contributed by atoms with E-state index in [1.807, 2.05) is 61.5 Å². The lowest BCUT2D eigenvalue weighted by molar-refractivity contribution is -0.158. The van der Waals surface area contributed by atoms with E-state index in [9.17, 15) is 4.79 Å². The van der Waals surface area contributed by atoms with Gasteiger partial charge in [-0.2, -0.15) is 0 Å². The van der Waals surface area contributed by atoms with E-state index < -0.39 is 11.6 Å². The van der Waals surface area contributed by atoms with Gasteiger partial charge >= 0.3 is 5.97 Å². The van der Waals surface area contributed by atoms with Crippen molar-refractivity contribution >= 4 is 5.97 Å². The second kappa shape index (κ2) is 11.6. The van der Waals surface area contributed by atoms with Crippen LogP contribution in [0, 0.1) is 6.92 Å². The number of rotatable bonds is 11. The normalized spacial score (nSPS) is 11.1. The fourth-order valence-electron chi connectivity index (χ4n) is 3.58. The predicted molar refractivity (Wildman–Crippen MR) is 140 cm³/mol. The number of aromatic nitrogens is 1. The van der Waals surface area contributed by atoms with E-state index in [1.54, 1.807) is 45.0 Å². The fraction of sp³-hybridized carbons (Fsp3) is 0.267. The van der Waals surface area contributed by atoms with Gasteiger partial charge in [0.25, 0.3) is 0 Å². The topological polar surface area (TPSA) is 80.0 Å². The van der Waals surface area contributed by atoms with Crippen LogP contribution in [0.4, 0.5) is 0 Å². The van der Waals surface area contributed by atoms with E-state index in [-0.39, 0.29) is 0 Å². The number of para-hydroxylation sites is 1. The van der Waals surface area contributed by atoms with Gasteiger partial charge in [-0.3, -0.25) is 0 Å². The first kappa shape index (κ1) is 25.8. The minimum Gasteiger partial charge on any atom is -0.493 e. The van der Waals surface area contributed by atoms with Crippen LogP contribution >= 0.6 is 0 Å². The van der Waals surface area contributed by atoms with Crippen LogP contribution in [0.2, 0.25) is 0 Å². The quantitative estimate of drug-likeness (QED) is 0.209. The largest absolute Gasteiger partial charge is 0.493 e. The first-order chi connectivity index (χ1) is 17.8. The maximum absolute atomic E-state index is 12.0. The molecule has 0 aliphatic rings. The summed E-state index contributed by atoms with van der Waals surface area (Å²) in [7, 11) is 0. The molecule has 1 aromatic heterocycles. The number of hydrogen-bond donors (Lipinski definition) is 0. The standard InChI is InChI=1S/C30H31NO6/c1-5-33-29(32)30(3,4)37-26-17-15-23(16-18-26)34-20-19-27-21(2)35-28(31-27)22-11-13-25(14-12-22)36-24-9-7-6-8-10-24/h6-18H,5,19-20H2,1-4H3. The molecule has 0 spiro atoms. The lowest BCUT2D eigenvalue weighted by atomic mass is 10.1. The third kappa shape index (κ3) is 6.91. The summed E-state index contributed by atoms with van der Waals surface area (Å²) in [6, 6.07) is 24.4. The van der Waals surface area contributed by atoms with Crippen molar-refractivity contribution in [1.29, 1.82) is 0 Å². The number of carbonyl (C=O) groups is 1. The number of benzene rings is 3. The van der Waals surface area contributed by atoms with Crippen LogP contribution < -0.4 is 14.2 Å². The lowest BCUT2D eigenvalue weighted by Crippen LogP contribution is -2.39. The van der Waals surface area contributed by atoms with E-state index in [0.29, 0.717) is 37.0 Å². The summed E-state index contributed by atoms with van der Waals surface area (Å²) in [6.07, 6.45) is 0.596. The van der Waals surface area contributed by atoms with Crippen molar-refractivity contribution in [3.63, 3.8) is 0 Å². The van der Waals surface area contributed by atoms with Crippen LogP contribution in [0.5, 0.6) is 23.0 Å². The summed E-state index contributed by atoms with van der Waals surface area (Å²) in [5.74, 6) is 3.69. The molecular formula is C30H31NO6. The summed E-state index contributed by atoms with van der Waals surface area (Å²) < 4.78 is 28.5. The van der Waals surface area contributed by atoms with E-state index in [2.05, 4.69) is 4.98 Å². The predicted octanol–water partition coefficient (Wildman–Crippen LogP) is 6.78. The summed E-state index contributed by atoms with van der Waals surface area (Å²) in [5, 5.41) is 0. The molecule has 3 aromatic carbocycles. The Labute approximate surface area is 217 Å². The highest BCUT2D eigenvalue weighted by Crippen LogP contribution is 2.27. The van der Waals surface area contributed by atoms with Gasteiger partial charge in [0.15, 0.2) is 5.60 Å². The zero-order valence-electron chi connectivity index (χ0n) is 21.5. The lowest BCUT2D eigenvalue weighted by Gasteiger charge is -2.24. The molecule has 192 valence electrons. The molecule has 0 radical (unpaired) electrons. The molecule has 7 heteroatoms. The van der Waals surface area contributed by atoms with Gasteiger partial charge in [-0.1, -0.05) is 18.2 Å². The molecule has 4 rings (SSSR count). The molecule has 0 unspecified atom stereocenters. The second-order valence-corrected chi connectivity index (χ2v) is 8.86. The molecule has 0 saturated carbocycles. The molecule has 0 fully saturated rings. The van der Waals surface area contributed by atoms with Crippen molar-refractivity contribution in [2.45, 2.75) is 39.7 Å². The Kier molecular flexibility index (Phi) is 8.13. The van der Waals surface area contributed by atoms with Crippen LogP contribution in [0.3, 0.4) is 0 Å². The molecule has 0 aliphatic heterocycles. The maximum Gasteiger partial charge on any atom is 0.349 e. The van der Waals surface area contributed by atoms with Crippen LogP contribution in [-0.2, 0) is 16.0 Å². The SMILES string of the molecule is CCOC(=O)C(C)(C)Oc1ccc(OCCc2nc(-c3ccc(Oc4ccccc4)cc3)oc2C)cc1. The third-order valence-corrected chi connectivity index (χ3v) is 5.54. The highest BCUT2D eigenvalue weighted by Gasteiger charge is 2.31. The first-order valence-corrected chi connectivity index (χ1v) is 12.2. The fourth-order valence-corrected chi connectivity index (χ4v) is 3.58. The Balaban J connectivity index is 1.30. The van der Waals surface area contributed by atoms with Crippen molar-refractivity contribution < 1.29 is 28.2 Å². The number of aryl methyl sites for hydroxylation is 1. The van der Waals surface area contributed by atoms with E-state index in [4.69, 9.17) is 23.4 Å². The third-order valence-electron chi connectivity index (χ3n) is 5.54. The summed E-state index contributed by atoms with van der Waals surface area (Å²) in [6.45, 7) is 7.76. The van der Waals surface area contributed by atoms with Crippen molar-refractivity contribution in [3.05, 3.63) is 90.3 Å². The zero-order valence-corrected chi connectivity index (χ0v) is 21.5. The van der Waals surface area contributed by atoms with Gasteiger partial charge in [-0.25, -0.2) is 9.78 Å². The Hall–Kier alpha value is -4.26. The molecule has 4 aromatic rings. The van der Waals surface area contributed by atoms with Crippen LogP contribution in [0.25, 0.3) is 11.5 Å². The van der Waals surface area contributed by atoms with E-state index in [0.717, 1.165) is 28.5 Å². The van der Waals surface area contributed by atoms with Gasteiger partial charge in [0.05, 0.1) is 18.9 Å². The molecular weight excluding hydrogens is 470 g/mol. The number of hydrogen-bond acceptors (Lipinski definition) is 7. The van der Waals surface area contributed by atoms with Gasteiger partial charge in [0.1, 0.15) is 28.8 Å². The Morgan fingerprint density at radius 1 is 0.865 bits per heavy atom. The molecule has 7 nitrogen and oxygen atoms in total. The Bertz CT molecular complexity index is 1290. The van der Waals surface area contributed by atoms with Crippen molar-refractivity contribution in [1.82, 2.24) is 4.98 Å². The highest BCUT2D eigenvalue weighted by atomic mass is 16.6. The molecule has 0 atom stereocenters. The monoisotopic (exact) mass is 501 g/mol. The molecule has 0 aliphatic carbocycles. The minimum absolute atomic E-state index is 0.306. The first-order valence-electron chi connectivity index (χ1n) is 12.2. The molecule has 0 N–H and O–H groups in total. The summed E-state index contributed by atoms with van der Waals surface area (Å²) >= 11 is 0. The van der Waals surface area contributed by atoms with Gasteiger partial charge in [-0.15, -0.1) is 0 Å². The van der Waals surface area contributed by atoms with Crippen molar-refractivity contribution in [2.24, 2.45) is 0 Å². The van der Waals surface area contributed by atoms with Gasteiger partial charge in [0, 0.05) is 12.0 Å². The van der Waals surface area contributed by atoms with Crippen molar-refractivity contribution in [2.75, 3.05) is 13.2 Å². The molecule has 37 heavy (non-hydrogen) atoms. The summed E-state index contributed by atoms with van der Waals surface area (Å²) in [4.78, 5) is 16.7. The average Bonchev–Trinajstić information content (AvgIpc) is 3.26. The average molecular weight is 502 g/mol. The number of oxazole rings is 1. The van der Waals surface area contributed by atoms with Crippen molar-refractivity contribution in [3.8, 4) is 34.5 Å². The smallest absolute Gasteiger partial charge is 0.349 e. The Morgan fingerprint density at radius 3 is 2.16 bits per heavy atom. The van der Waals surface area contributed by atoms with Crippen LogP contribution in [-0.4, -0.2) is 29.8 Å². The molecule has 0 amide bonds. The molecule has 0 saturated heterocycles. The number of ether oxygens (including phenoxy) is 4. The second-order valence-electron chi connectivity index (χ2n) is 8.86. The Morgan fingerprint density at radius 2 is 1.49 bits per heavy atom. The number of carbonyl (C=O) groups excluding carboxylic acids is 1. The molecule has 1 heterocycles. The van der Waals surface area contributed by atoms with Gasteiger partial charge < -0.3 is 23.4 Å². The number of esters is 1. The van der Waals surface area contributed by atoms with Gasteiger partial charge in [0.2, 0.25) is 5.89 Å². The minimum atomic E-state index is -1.07. The van der Waals surface area contributed by atoms with Crippen LogP contribution in [0.1, 0.15) is 32.2 Å². The molecule has 0 bridgehead atoms. The van der Waals surface area contributed by atoms with Gasteiger partial charge in [-0.05, 0) is 88.4 Å². The number of nitrogens with zero attached hydrogens (tertiary/aromatic N) is 1. The van der Waals surface area contributed by atoms with E-state index in [1.165, 1.54) is 0 Å². The highest BCUT2D eigenvalue weighted by molar-refractivity contribution is 5.79. The van der Waals surface area contributed by atoms with Crippen LogP contribution in [0.15, 0.2) is 83.3 Å². The van der Waals surface area contributed by atoms with E-state index >= 15 is 0 Å². The maximum atomic E-state index is 12.0.